The lowest BCUT2D eigenvalue weighted by atomic mass is 10.0. The van der Waals surface area contributed by atoms with Crippen LogP contribution in [-0.4, -0.2) is 36.1 Å². The monoisotopic (exact) mass is 447 g/mol. The van der Waals surface area contributed by atoms with Crippen LogP contribution in [0.2, 0.25) is 5.02 Å². The van der Waals surface area contributed by atoms with Gasteiger partial charge in [0, 0.05) is 28.9 Å². The number of tetrazole rings is 1. The first-order valence-electron chi connectivity index (χ1n) is 10.2. The summed E-state index contributed by atoms with van der Waals surface area (Å²) in [4.78, 5) is 21.5. The van der Waals surface area contributed by atoms with Gasteiger partial charge in [-0.3, -0.25) is 14.8 Å². The van der Waals surface area contributed by atoms with Crippen LogP contribution in [0.25, 0.3) is 16.8 Å². The minimum absolute atomic E-state index is 0.109. The molecule has 0 saturated carbocycles. The summed E-state index contributed by atoms with van der Waals surface area (Å²) in [5.74, 6) is 0.579. The molecule has 0 aliphatic rings. The largest absolute Gasteiger partial charge is 0.344 e. The van der Waals surface area contributed by atoms with Crippen LogP contribution in [0.3, 0.4) is 0 Å². The summed E-state index contributed by atoms with van der Waals surface area (Å²) in [6, 6.07) is 12.7. The van der Waals surface area contributed by atoms with Gasteiger partial charge in [0.1, 0.15) is 0 Å². The van der Waals surface area contributed by atoms with Crippen LogP contribution in [0.1, 0.15) is 54.6 Å². The minimum Gasteiger partial charge on any atom is -0.344 e. The van der Waals surface area contributed by atoms with E-state index in [1.807, 2.05) is 57.2 Å². The standard InChI is InChI=1S/C23H22ClN7O/c1-14(2)22-28-29-30-31(22)20-11-17(16-4-6-19(24)7-5-16)10-18(12-20)23(32)27-15(3)21-13-25-8-9-26-21/h4-15H,1-3H3,(H,27,32)/t15-/m0/s1. The quantitative estimate of drug-likeness (QED) is 0.470. The molecule has 0 saturated heterocycles. The molecule has 2 aromatic carbocycles. The summed E-state index contributed by atoms with van der Waals surface area (Å²) in [5.41, 5.74) is 3.63. The number of halogens is 1. The number of benzene rings is 2. The Kier molecular flexibility index (Phi) is 6.23. The van der Waals surface area contributed by atoms with Crippen molar-refractivity contribution in [3.05, 3.63) is 83.2 Å². The smallest absolute Gasteiger partial charge is 0.251 e. The normalized spacial score (nSPS) is 12.0. The predicted molar refractivity (Wildman–Crippen MR) is 122 cm³/mol. The third-order valence-corrected chi connectivity index (χ3v) is 5.24. The van der Waals surface area contributed by atoms with E-state index in [1.165, 1.54) is 0 Å². The molecule has 8 nitrogen and oxygen atoms in total. The Bertz CT molecular complexity index is 1220. The van der Waals surface area contributed by atoms with E-state index < -0.39 is 0 Å². The fourth-order valence-corrected chi connectivity index (χ4v) is 3.43. The molecular weight excluding hydrogens is 426 g/mol. The third kappa shape index (κ3) is 4.65. The number of carbonyl (C=O) groups is 1. The average molecular weight is 448 g/mol. The van der Waals surface area contributed by atoms with Gasteiger partial charge in [-0.25, -0.2) is 0 Å². The van der Waals surface area contributed by atoms with Gasteiger partial charge in [0.05, 0.1) is 23.6 Å². The molecule has 1 N–H and O–H groups in total. The first kappa shape index (κ1) is 21.6. The van der Waals surface area contributed by atoms with Crippen LogP contribution in [0.15, 0.2) is 61.1 Å². The Morgan fingerprint density at radius 1 is 1.03 bits per heavy atom. The van der Waals surface area contributed by atoms with Crippen molar-refractivity contribution in [2.45, 2.75) is 32.7 Å². The number of aromatic nitrogens is 6. The van der Waals surface area contributed by atoms with E-state index in [0.717, 1.165) is 11.1 Å². The summed E-state index contributed by atoms with van der Waals surface area (Å²) < 4.78 is 1.66. The molecule has 0 fully saturated rings. The molecule has 0 bridgehead atoms. The van der Waals surface area contributed by atoms with E-state index in [-0.39, 0.29) is 17.9 Å². The Morgan fingerprint density at radius 3 is 2.50 bits per heavy atom. The maximum absolute atomic E-state index is 13.2. The second-order valence-corrected chi connectivity index (χ2v) is 8.14. The predicted octanol–water partition coefficient (Wildman–Crippen LogP) is 4.39. The highest BCUT2D eigenvalue weighted by Gasteiger charge is 2.18. The number of carbonyl (C=O) groups excluding carboxylic acids is 1. The van der Waals surface area contributed by atoms with E-state index in [1.54, 1.807) is 29.3 Å². The van der Waals surface area contributed by atoms with Gasteiger partial charge in [0.25, 0.3) is 5.91 Å². The van der Waals surface area contributed by atoms with Crippen molar-refractivity contribution in [1.29, 1.82) is 0 Å². The van der Waals surface area contributed by atoms with Gasteiger partial charge < -0.3 is 5.32 Å². The molecule has 4 rings (SSSR count). The zero-order chi connectivity index (χ0) is 22.7. The van der Waals surface area contributed by atoms with E-state index in [4.69, 9.17) is 11.6 Å². The average Bonchev–Trinajstić information content (AvgIpc) is 3.30. The van der Waals surface area contributed by atoms with Gasteiger partial charge >= 0.3 is 0 Å². The molecule has 0 unspecified atom stereocenters. The summed E-state index contributed by atoms with van der Waals surface area (Å²) in [7, 11) is 0. The van der Waals surface area contributed by atoms with Crippen LogP contribution in [0.4, 0.5) is 0 Å². The molecular formula is C23H22ClN7O. The molecule has 2 heterocycles. The van der Waals surface area contributed by atoms with Crippen molar-refractivity contribution in [3.63, 3.8) is 0 Å². The number of amides is 1. The lowest BCUT2D eigenvalue weighted by molar-refractivity contribution is 0.0939. The Labute approximate surface area is 190 Å². The Morgan fingerprint density at radius 2 is 1.81 bits per heavy atom. The Hall–Kier alpha value is -3.65. The fraction of sp³-hybridized carbons (Fsp3) is 0.217. The summed E-state index contributed by atoms with van der Waals surface area (Å²) >= 11 is 6.06. The van der Waals surface area contributed by atoms with Crippen LogP contribution in [0.5, 0.6) is 0 Å². The van der Waals surface area contributed by atoms with Crippen molar-refractivity contribution in [1.82, 2.24) is 35.5 Å². The first-order valence-corrected chi connectivity index (χ1v) is 10.6. The molecule has 0 aliphatic carbocycles. The van der Waals surface area contributed by atoms with E-state index in [2.05, 4.69) is 30.8 Å². The van der Waals surface area contributed by atoms with E-state index in [9.17, 15) is 4.79 Å². The lowest BCUT2D eigenvalue weighted by Gasteiger charge is -2.15. The van der Waals surface area contributed by atoms with Crippen LogP contribution in [-0.2, 0) is 0 Å². The van der Waals surface area contributed by atoms with Gasteiger partial charge in [0.15, 0.2) is 5.82 Å². The molecule has 1 amide bonds. The zero-order valence-corrected chi connectivity index (χ0v) is 18.7. The fourth-order valence-electron chi connectivity index (χ4n) is 3.30. The van der Waals surface area contributed by atoms with Crippen molar-refractivity contribution in [2.75, 3.05) is 0 Å². The second kappa shape index (κ2) is 9.23. The lowest BCUT2D eigenvalue weighted by Crippen LogP contribution is -2.27. The second-order valence-electron chi connectivity index (χ2n) is 7.70. The van der Waals surface area contributed by atoms with E-state index in [0.29, 0.717) is 27.8 Å². The number of nitrogens with zero attached hydrogens (tertiary/aromatic N) is 6. The summed E-state index contributed by atoms with van der Waals surface area (Å²) in [6.07, 6.45) is 4.83. The molecule has 4 aromatic rings. The highest BCUT2D eigenvalue weighted by atomic mass is 35.5. The number of nitrogens with one attached hydrogen (secondary N) is 1. The van der Waals surface area contributed by atoms with Crippen LogP contribution in [0, 0.1) is 0 Å². The summed E-state index contributed by atoms with van der Waals surface area (Å²) in [6.45, 7) is 5.90. The maximum Gasteiger partial charge on any atom is 0.251 e. The highest BCUT2D eigenvalue weighted by molar-refractivity contribution is 6.30. The molecule has 32 heavy (non-hydrogen) atoms. The third-order valence-electron chi connectivity index (χ3n) is 4.99. The SMILES string of the molecule is CC(C)c1nnnn1-c1cc(C(=O)N[C@@H](C)c2cnccn2)cc(-c2ccc(Cl)cc2)c1. The van der Waals surface area contributed by atoms with Gasteiger partial charge in [0.2, 0.25) is 0 Å². The highest BCUT2D eigenvalue weighted by Crippen LogP contribution is 2.27. The number of hydrogen-bond donors (Lipinski definition) is 1. The molecule has 0 aliphatic heterocycles. The maximum atomic E-state index is 13.2. The zero-order valence-electron chi connectivity index (χ0n) is 17.9. The topological polar surface area (TPSA) is 98.5 Å². The molecule has 0 radical (unpaired) electrons. The van der Waals surface area contributed by atoms with Gasteiger partial charge in [-0.05, 0) is 58.8 Å². The van der Waals surface area contributed by atoms with Crippen molar-refractivity contribution in [3.8, 4) is 16.8 Å². The molecule has 1 atom stereocenters. The molecule has 2 aromatic heterocycles. The van der Waals surface area contributed by atoms with Gasteiger partial charge in [-0.2, -0.15) is 4.68 Å². The van der Waals surface area contributed by atoms with Crippen molar-refractivity contribution >= 4 is 17.5 Å². The van der Waals surface area contributed by atoms with Gasteiger partial charge in [-0.1, -0.05) is 37.6 Å². The number of rotatable bonds is 6. The first-order chi connectivity index (χ1) is 15.4. The van der Waals surface area contributed by atoms with Crippen molar-refractivity contribution < 1.29 is 4.79 Å². The Balaban J connectivity index is 1.75. The minimum atomic E-state index is -0.307. The van der Waals surface area contributed by atoms with Crippen molar-refractivity contribution in [2.24, 2.45) is 0 Å². The van der Waals surface area contributed by atoms with Crippen LogP contribution >= 0.6 is 11.6 Å². The van der Waals surface area contributed by atoms with E-state index >= 15 is 0 Å². The van der Waals surface area contributed by atoms with Crippen LogP contribution < -0.4 is 5.32 Å². The van der Waals surface area contributed by atoms with Gasteiger partial charge in [-0.15, -0.1) is 5.10 Å². The molecule has 162 valence electrons. The molecule has 9 heteroatoms. The number of hydrogen-bond acceptors (Lipinski definition) is 6. The molecule has 0 spiro atoms. The summed E-state index contributed by atoms with van der Waals surface area (Å²) in [5, 5.41) is 15.7.